The first-order valence-electron chi connectivity index (χ1n) is 10.3. The molecule has 2 aromatic carbocycles. The van der Waals surface area contributed by atoms with Gasteiger partial charge in [0, 0.05) is 12.5 Å². The van der Waals surface area contributed by atoms with Crippen LogP contribution in [0.25, 0.3) is 10.2 Å². The Morgan fingerprint density at radius 2 is 2.00 bits per heavy atom. The minimum Gasteiger partial charge on any atom is -0.462 e. The number of anilines is 1. The summed E-state index contributed by atoms with van der Waals surface area (Å²) in [6.45, 7) is 4.04. The topological polar surface area (TPSA) is 71.5 Å². The first-order valence-corrected chi connectivity index (χ1v) is 11.1. The molecule has 1 saturated heterocycles. The zero-order valence-corrected chi connectivity index (χ0v) is 17.8. The fourth-order valence-electron chi connectivity index (χ4n) is 3.84. The number of piperidine rings is 1. The molecule has 0 bridgehead atoms. The van der Waals surface area contributed by atoms with Crippen LogP contribution in [0.2, 0.25) is 0 Å². The average Bonchev–Trinajstić information content (AvgIpc) is 3.19. The van der Waals surface area contributed by atoms with E-state index < -0.39 is 5.97 Å². The minimum absolute atomic E-state index is 0.128. The van der Waals surface area contributed by atoms with Crippen LogP contribution in [0, 0.1) is 0 Å². The van der Waals surface area contributed by atoms with Crippen molar-refractivity contribution in [3.8, 4) is 0 Å². The number of aromatic nitrogens is 1. The van der Waals surface area contributed by atoms with Gasteiger partial charge in [0.1, 0.15) is 0 Å². The summed E-state index contributed by atoms with van der Waals surface area (Å²) in [6, 6.07) is 15.1. The normalized spacial score (nSPS) is 17.0. The third-order valence-electron chi connectivity index (χ3n) is 5.23. The molecule has 4 rings (SSSR count). The lowest BCUT2D eigenvalue weighted by Gasteiger charge is -2.31. The predicted octanol–water partition coefficient (Wildman–Crippen LogP) is 4.29. The van der Waals surface area contributed by atoms with E-state index in [0.717, 1.165) is 36.5 Å². The van der Waals surface area contributed by atoms with Crippen LogP contribution in [-0.4, -0.2) is 48.0 Å². The summed E-state index contributed by atoms with van der Waals surface area (Å²) in [4.78, 5) is 31.8. The molecule has 7 heteroatoms. The van der Waals surface area contributed by atoms with Crippen molar-refractivity contribution in [2.45, 2.75) is 25.7 Å². The number of nitrogens with one attached hydrogen (secondary N) is 1. The number of amides is 1. The number of hydrogen-bond donors (Lipinski definition) is 1. The third-order valence-corrected chi connectivity index (χ3v) is 6.43. The number of hydrogen-bond acceptors (Lipinski definition) is 6. The molecule has 1 aliphatic heterocycles. The number of likely N-dealkylation sites (tertiary alicyclic amines) is 1. The molecule has 1 aliphatic rings. The molecule has 6 nitrogen and oxygen atoms in total. The van der Waals surface area contributed by atoms with E-state index in [0.29, 0.717) is 30.3 Å². The minimum atomic E-state index is -0.428. The largest absolute Gasteiger partial charge is 0.462 e. The highest BCUT2D eigenvalue weighted by Crippen LogP contribution is 2.32. The van der Waals surface area contributed by atoms with Crippen molar-refractivity contribution in [3.05, 3.63) is 59.1 Å². The molecule has 30 heavy (non-hydrogen) atoms. The van der Waals surface area contributed by atoms with Gasteiger partial charge in [-0.2, -0.15) is 0 Å². The van der Waals surface area contributed by atoms with E-state index in [1.54, 1.807) is 42.5 Å². The number of carbonyl (C=O) groups is 2. The number of carbonyl (C=O) groups excluding carboxylic acids is 2. The Hall–Kier alpha value is -2.77. The number of para-hydroxylation sites is 2. The van der Waals surface area contributed by atoms with E-state index in [1.165, 1.54) is 4.70 Å². The molecule has 0 aliphatic carbocycles. The quantitative estimate of drug-likeness (QED) is 0.599. The average molecular weight is 424 g/mol. The molecule has 0 unspecified atom stereocenters. The lowest BCUT2D eigenvalue weighted by Crippen LogP contribution is -2.39. The third kappa shape index (κ3) is 4.68. The fraction of sp³-hybridized carbons (Fsp3) is 0.348. The molecule has 3 aromatic rings. The Morgan fingerprint density at radius 3 is 2.83 bits per heavy atom. The second-order valence-electron chi connectivity index (χ2n) is 7.41. The van der Waals surface area contributed by atoms with Gasteiger partial charge in [0.15, 0.2) is 0 Å². The summed E-state index contributed by atoms with van der Waals surface area (Å²) < 4.78 is 6.29. The Bertz CT molecular complexity index is 1020. The van der Waals surface area contributed by atoms with Crippen molar-refractivity contribution < 1.29 is 14.3 Å². The lowest BCUT2D eigenvalue weighted by molar-refractivity contribution is -0.117. The zero-order valence-electron chi connectivity index (χ0n) is 17.0. The summed E-state index contributed by atoms with van der Waals surface area (Å²) in [5, 5.41) is 4.03. The molecule has 1 N–H and O–H groups in total. The first-order chi connectivity index (χ1) is 14.6. The maximum Gasteiger partial charge on any atom is 0.340 e. The van der Waals surface area contributed by atoms with Crippen LogP contribution in [0.15, 0.2) is 48.5 Å². The molecule has 0 radical (unpaired) electrons. The smallest absolute Gasteiger partial charge is 0.340 e. The van der Waals surface area contributed by atoms with E-state index in [2.05, 4.69) is 16.3 Å². The molecule has 1 fully saturated rings. The highest BCUT2D eigenvalue weighted by molar-refractivity contribution is 7.18. The van der Waals surface area contributed by atoms with Gasteiger partial charge in [-0.1, -0.05) is 24.3 Å². The van der Waals surface area contributed by atoms with Crippen molar-refractivity contribution in [1.29, 1.82) is 0 Å². The first kappa shape index (κ1) is 20.5. The van der Waals surface area contributed by atoms with Crippen LogP contribution < -0.4 is 5.32 Å². The van der Waals surface area contributed by atoms with E-state index in [-0.39, 0.29) is 5.91 Å². The summed E-state index contributed by atoms with van der Waals surface area (Å²) >= 11 is 1.75. The maximum atomic E-state index is 12.7. The predicted molar refractivity (Wildman–Crippen MR) is 119 cm³/mol. The van der Waals surface area contributed by atoms with E-state index in [9.17, 15) is 9.59 Å². The molecular formula is C23H25N3O3S. The fourth-order valence-corrected chi connectivity index (χ4v) is 4.93. The number of esters is 1. The van der Waals surface area contributed by atoms with Crippen LogP contribution >= 0.6 is 11.3 Å². The van der Waals surface area contributed by atoms with Gasteiger partial charge in [0.2, 0.25) is 5.91 Å². The number of benzene rings is 2. The number of fused-ring (bicyclic) bond motifs is 1. The van der Waals surface area contributed by atoms with Crippen LogP contribution in [0.3, 0.4) is 0 Å². The Kier molecular flexibility index (Phi) is 6.40. The maximum absolute atomic E-state index is 12.7. The molecule has 156 valence electrons. The van der Waals surface area contributed by atoms with Gasteiger partial charge in [-0.15, -0.1) is 11.3 Å². The van der Waals surface area contributed by atoms with E-state index in [4.69, 9.17) is 9.72 Å². The van der Waals surface area contributed by atoms with Crippen LogP contribution in [-0.2, 0) is 9.53 Å². The van der Waals surface area contributed by atoms with Gasteiger partial charge < -0.3 is 10.1 Å². The van der Waals surface area contributed by atoms with Gasteiger partial charge >= 0.3 is 5.97 Å². The molecule has 1 aromatic heterocycles. The molecule has 1 amide bonds. The summed E-state index contributed by atoms with van der Waals surface area (Å²) in [5.74, 6) is -0.213. The zero-order chi connectivity index (χ0) is 20.9. The Labute approximate surface area is 179 Å². The van der Waals surface area contributed by atoms with Gasteiger partial charge in [-0.05, 0) is 50.6 Å². The Balaban J connectivity index is 1.40. The molecule has 0 spiro atoms. The summed E-state index contributed by atoms with van der Waals surface area (Å²) in [6.07, 6.45) is 2.12. The number of ether oxygens (including phenoxy) is 1. The number of nitrogens with zero attached hydrogens (tertiary/aromatic N) is 2. The van der Waals surface area contributed by atoms with Crippen LogP contribution in [0.5, 0.6) is 0 Å². The molecular weight excluding hydrogens is 398 g/mol. The standard InChI is InChI=1S/C23H25N3O3S/c1-2-29-23(28)17-9-3-4-10-18(17)24-21(27)15-26-13-7-8-16(14-26)22-25-19-11-5-6-12-20(19)30-22/h3-6,9-12,16H,2,7-8,13-15H2,1H3,(H,24,27)/t16-/m0/s1. The number of rotatable bonds is 6. The van der Waals surface area contributed by atoms with Gasteiger partial charge in [0.05, 0.1) is 39.6 Å². The molecule has 0 saturated carbocycles. The van der Waals surface area contributed by atoms with Crippen molar-refractivity contribution >= 4 is 39.1 Å². The van der Waals surface area contributed by atoms with Gasteiger partial charge in [-0.3, -0.25) is 9.69 Å². The van der Waals surface area contributed by atoms with Gasteiger partial charge in [-0.25, -0.2) is 9.78 Å². The van der Waals surface area contributed by atoms with E-state index in [1.807, 2.05) is 18.2 Å². The highest BCUT2D eigenvalue weighted by atomic mass is 32.1. The van der Waals surface area contributed by atoms with E-state index >= 15 is 0 Å². The lowest BCUT2D eigenvalue weighted by atomic mass is 9.99. The van der Waals surface area contributed by atoms with Crippen molar-refractivity contribution in [1.82, 2.24) is 9.88 Å². The molecule has 1 atom stereocenters. The summed E-state index contributed by atoms with van der Waals surface area (Å²) in [7, 11) is 0. The van der Waals surface area contributed by atoms with Crippen molar-refractivity contribution in [3.63, 3.8) is 0 Å². The van der Waals surface area contributed by atoms with Crippen molar-refractivity contribution in [2.24, 2.45) is 0 Å². The second-order valence-corrected chi connectivity index (χ2v) is 8.47. The SMILES string of the molecule is CCOC(=O)c1ccccc1NC(=O)CN1CCC[C@H](c2nc3ccccc3s2)C1. The number of thiazole rings is 1. The van der Waals surface area contributed by atoms with Gasteiger partial charge in [0.25, 0.3) is 0 Å². The van der Waals surface area contributed by atoms with Crippen molar-refractivity contribution in [2.75, 3.05) is 31.6 Å². The second kappa shape index (κ2) is 9.36. The van der Waals surface area contributed by atoms with Crippen LogP contribution in [0.4, 0.5) is 5.69 Å². The van der Waals surface area contributed by atoms with Crippen LogP contribution in [0.1, 0.15) is 41.0 Å². The highest BCUT2D eigenvalue weighted by Gasteiger charge is 2.25. The summed E-state index contributed by atoms with van der Waals surface area (Å²) in [5.41, 5.74) is 1.90. The monoisotopic (exact) mass is 423 g/mol. The Morgan fingerprint density at radius 1 is 1.20 bits per heavy atom. The molecule has 2 heterocycles.